The van der Waals surface area contributed by atoms with Gasteiger partial charge in [0, 0.05) is 49.7 Å². The van der Waals surface area contributed by atoms with E-state index >= 15 is 0 Å². The molecule has 0 saturated carbocycles. The van der Waals surface area contributed by atoms with Crippen molar-refractivity contribution < 1.29 is 28.7 Å². The maximum Gasteiger partial charge on any atom is 0.341 e. The normalized spacial score (nSPS) is 16.1. The number of morpholine rings is 2. The summed E-state index contributed by atoms with van der Waals surface area (Å²) in [6.45, 7) is 4.52. The van der Waals surface area contributed by atoms with Gasteiger partial charge in [-0.05, 0) is 30.3 Å². The van der Waals surface area contributed by atoms with Crippen molar-refractivity contribution in [2.45, 2.75) is 0 Å². The van der Waals surface area contributed by atoms with Crippen LogP contribution in [-0.4, -0.2) is 76.0 Å². The number of hydrogen-bond donors (Lipinski definition) is 1. The van der Waals surface area contributed by atoms with Crippen LogP contribution in [0.15, 0.2) is 42.5 Å². The van der Waals surface area contributed by atoms with Crippen molar-refractivity contribution in [3.8, 4) is 0 Å². The molecule has 4 rings (SSSR count). The molecule has 2 aromatic carbocycles. The van der Waals surface area contributed by atoms with Crippen LogP contribution in [0.4, 0.5) is 22.7 Å². The Morgan fingerprint density at radius 3 is 2.18 bits per heavy atom. The molecule has 1 N–H and O–H groups in total. The van der Waals surface area contributed by atoms with Gasteiger partial charge in [-0.1, -0.05) is 0 Å². The van der Waals surface area contributed by atoms with Crippen LogP contribution in [0, 0.1) is 10.1 Å². The predicted octanol–water partition coefficient (Wildman–Crippen LogP) is 2.06. The molecule has 1 amide bonds. The van der Waals surface area contributed by atoms with Crippen LogP contribution < -0.4 is 15.1 Å². The average molecular weight is 470 g/mol. The van der Waals surface area contributed by atoms with Gasteiger partial charge in [0.15, 0.2) is 6.61 Å². The lowest BCUT2D eigenvalue weighted by molar-refractivity contribution is -0.384. The first-order chi connectivity index (χ1) is 16.5. The Balaban J connectivity index is 1.37. The van der Waals surface area contributed by atoms with Crippen LogP contribution in [-0.2, 0) is 19.0 Å². The molecule has 0 aromatic heterocycles. The number of carbonyl (C=O) groups excluding carboxylic acids is 2. The number of amides is 1. The fraction of sp³-hybridized carbons (Fsp3) is 0.391. The fourth-order valence-electron chi connectivity index (χ4n) is 3.86. The van der Waals surface area contributed by atoms with E-state index in [-0.39, 0.29) is 11.3 Å². The zero-order valence-corrected chi connectivity index (χ0v) is 18.6. The minimum atomic E-state index is -0.803. The third-order valence-corrected chi connectivity index (χ3v) is 5.62. The summed E-state index contributed by atoms with van der Waals surface area (Å²) in [7, 11) is 0. The van der Waals surface area contributed by atoms with E-state index in [1.807, 2.05) is 17.0 Å². The molecule has 180 valence electrons. The summed E-state index contributed by atoms with van der Waals surface area (Å²) in [5, 5.41) is 13.9. The Hall–Kier alpha value is -3.70. The quantitative estimate of drug-likeness (QED) is 0.368. The molecule has 0 atom stereocenters. The van der Waals surface area contributed by atoms with Crippen LogP contribution in [0.3, 0.4) is 0 Å². The highest BCUT2D eigenvalue weighted by atomic mass is 16.6. The van der Waals surface area contributed by atoms with Crippen molar-refractivity contribution >= 4 is 34.6 Å². The van der Waals surface area contributed by atoms with E-state index in [9.17, 15) is 19.7 Å². The lowest BCUT2D eigenvalue weighted by Gasteiger charge is -2.30. The van der Waals surface area contributed by atoms with Crippen molar-refractivity contribution in [1.82, 2.24) is 0 Å². The van der Waals surface area contributed by atoms with Crippen molar-refractivity contribution in [3.63, 3.8) is 0 Å². The Kier molecular flexibility index (Phi) is 7.55. The summed E-state index contributed by atoms with van der Waals surface area (Å²) in [4.78, 5) is 39.8. The highest BCUT2D eigenvalue weighted by Gasteiger charge is 2.23. The summed E-state index contributed by atoms with van der Waals surface area (Å²) in [5.74, 6) is -1.31. The third kappa shape index (κ3) is 5.80. The number of nitrogens with one attached hydrogen (secondary N) is 1. The van der Waals surface area contributed by atoms with Crippen molar-refractivity contribution in [1.29, 1.82) is 0 Å². The molecule has 0 unspecified atom stereocenters. The van der Waals surface area contributed by atoms with Crippen LogP contribution in [0.5, 0.6) is 0 Å². The van der Waals surface area contributed by atoms with Gasteiger partial charge in [-0.2, -0.15) is 0 Å². The van der Waals surface area contributed by atoms with Gasteiger partial charge in [0.25, 0.3) is 11.6 Å². The number of rotatable bonds is 7. The number of hydrogen-bond acceptors (Lipinski definition) is 9. The first kappa shape index (κ1) is 23.5. The molecule has 0 aliphatic carbocycles. The summed E-state index contributed by atoms with van der Waals surface area (Å²) < 4.78 is 15.9. The molecule has 2 fully saturated rings. The summed E-state index contributed by atoms with van der Waals surface area (Å²) >= 11 is 0. The number of nitro groups is 1. The van der Waals surface area contributed by atoms with Gasteiger partial charge in [-0.15, -0.1) is 0 Å². The van der Waals surface area contributed by atoms with Crippen molar-refractivity contribution in [2.75, 3.05) is 74.3 Å². The number of nitro benzene ring substituents is 1. The van der Waals surface area contributed by atoms with Crippen LogP contribution in [0.2, 0.25) is 0 Å². The Labute approximate surface area is 196 Å². The van der Waals surface area contributed by atoms with E-state index in [1.54, 1.807) is 12.1 Å². The zero-order valence-electron chi connectivity index (χ0n) is 18.6. The minimum Gasteiger partial charge on any atom is -0.452 e. The largest absolute Gasteiger partial charge is 0.452 e. The molecule has 0 radical (unpaired) electrons. The smallest absolute Gasteiger partial charge is 0.341 e. The van der Waals surface area contributed by atoms with E-state index in [0.717, 1.165) is 18.8 Å². The second kappa shape index (κ2) is 10.9. The molecule has 2 aliphatic rings. The van der Waals surface area contributed by atoms with E-state index in [4.69, 9.17) is 14.2 Å². The molecule has 0 spiro atoms. The van der Waals surface area contributed by atoms with Crippen LogP contribution in [0.1, 0.15) is 10.4 Å². The molecule has 2 heterocycles. The molecule has 2 aromatic rings. The number of non-ortho nitro benzene ring substituents is 1. The molecule has 0 bridgehead atoms. The number of benzene rings is 2. The van der Waals surface area contributed by atoms with Crippen molar-refractivity contribution in [3.05, 3.63) is 58.1 Å². The van der Waals surface area contributed by atoms with Crippen LogP contribution in [0.25, 0.3) is 0 Å². The molecule has 11 heteroatoms. The highest BCUT2D eigenvalue weighted by molar-refractivity contribution is 5.99. The van der Waals surface area contributed by atoms with Crippen molar-refractivity contribution in [2.24, 2.45) is 0 Å². The van der Waals surface area contributed by atoms with E-state index < -0.39 is 23.4 Å². The van der Waals surface area contributed by atoms with E-state index in [0.29, 0.717) is 50.9 Å². The first-order valence-electron chi connectivity index (χ1n) is 11.0. The fourth-order valence-corrected chi connectivity index (χ4v) is 3.86. The third-order valence-electron chi connectivity index (χ3n) is 5.62. The molecule has 34 heavy (non-hydrogen) atoms. The number of nitrogens with zero attached hydrogens (tertiary/aromatic N) is 3. The predicted molar refractivity (Wildman–Crippen MR) is 125 cm³/mol. The number of ether oxygens (including phenoxy) is 3. The Bertz CT molecular complexity index is 1030. The molecular formula is C23H26N4O7. The molecule has 2 aliphatic heterocycles. The highest BCUT2D eigenvalue weighted by Crippen LogP contribution is 2.27. The van der Waals surface area contributed by atoms with Gasteiger partial charge < -0.3 is 29.3 Å². The van der Waals surface area contributed by atoms with Gasteiger partial charge >= 0.3 is 5.97 Å². The number of esters is 1. The maximum absolute atomic E-state index is 12.8. The van der Waals surface area contributed by atoms with Gasteiger partial charge in [0.2, 0.25) is 0 Å². The average Bonchev–Trinajstić information content (AvgIpc) is 2.88. The van der Waals surface area contributed by atoms with E-state index in [1.165, 1.54) is 18.2 Å². The van der Waals surface area contributed by atoms with Gasteiger partial charge in [0.05, 0.1) is 42.6 Å². The van der Waals surface area contributed by atoms with Crippen LogP contribution >= 0.6 is 0 Å². The summed E-state index contributed by atoms with van der Waals surface area (Å²) in [6.07, 6.45) is 0. The summed E-state index contributed by atoms with van der Waals surface area (Å²) in [5.41, 5.74) is 1.93. The topological polar surface area (TPSA) is 123 Å². The van der Waals surface area contributed by atoms with E-state index in [2.05, 4.69) is 10.2 Å². The Morgan fingerprint density at radius 1 is 0.941 bits per heavy atom. The van der Waals surface area contributed by atoms with Gasteiger partial charge in [-0.3, -0.25) is 14.9 Å². The molecule has 11 nitrogen and oxygen atoms in total. The minimum absolute atomic E-state index is 0.0405. The second-order valence-electron chi connectivity index (χ2n) is 7.83. The lowest BCUT2D eigenvalue weighted by Crippen LogP contribution is -2.37. The second-order valence-corrected chi connectivity index (χ2v) is 7.83. The first-order valence-corrected chi connectivity index (χ1v) is 11.0. The molecular weight excluding hydrogens is 444 g/mol. The summed E-state index contributed by atoms with van der Waals surface area (Å²) in [6, 6.07) is 11.4. The van der Waals surface area contributed by atoms with Gasteiger partial charge in [-0.25, -0.2) is 4.79 Å². The Morgan fingerprint density at radius 2 is 1.56 bits per heavy atom. The van der Waals surface area contributed by atoms with Gasteiger partial charge in [0.1, 0.15) is 0 Å². The number of carbonyl (C=O) groups is 2. The molecule has 2 saturated heterocycles. The zero-order chi connectivity index (χ0) is 23.9. The standard InChI is InChI=1S/C23H26N4O7/c28-22(24-17-1-3-18(4-2-17)25-7-11-32-12-8-25)16-34-23(29)20-15-19(27(30)31)5-6-21(20)26-9-13-33-14-10-26/h1-6,15H,7-14,16H2,(H,24,28). The monoisotopic (exact) mass is 470 g/mol. The SMILES string of the molecule is O=C(COC(=O)c1cc([N+](=O)[O-])ccc1N1CCOCC1)Nc1ccc(N2CCOCC2)cc1. The lowest BCUT2D eigenvalue weighted by atomic mass is 10.1. The maximum atomic E-state index is 12.8. The number of anilines is 3.